The van der Waals surface area contributed by atoms with Crippen LogP contribution in [0.2, 0.25) is 0 Å². The second-order valence-corrected chi connectivity index (χ2v) is 5.83. The molecule has 1 aromatic carbocycles. The molecule has 6 nitrogen and oxygen atoms in total. The Bertz CT molecular complexity index is 482. The van der Waals surface area contributed by atoms with E-state index in [0.29, 0.717) is 18.9 Å². The molecule has 0 bridgehead atoms. The summed E-state index contributed by atoms with van der Waals surface area (Å²) in [5.74, 6) is 0.296. The average Bonchev–Trinajstić information content (AvgIpc) is 2.49. The molecule has 1 atom stereocenters. The summed E-state index contributed by atoms with van der Waals surface area (Å²) in [6, 6.07) is 6.51. The van der Waals surface area contributed by atoms with Crippen molar-refractivity contribution in [2.45, 2.75) is 18.6 Å². The Morgan fingerprint density at radius 2 is 2.29 bits per heavy atom. The molecular formula is C14H20N2O4S. The first-order chi connectivity index (χ1) is 10.0. The highest BCUT2D eigenvalue weighted by atomic mass is 32.2. The molecule has 0 spiro atoms. The lowest BCUT2D eigenvalue weighted by atomic mass is 10.1. The molecule has 0 saturated heterocycles. The normalized spacial score (nSPS) is 11.9. The summed E-state index contributed by atoms with van der Waals surface area (Å²) in [5.41, 5.74) is 0.922. The minimum Gasteiger partial charge on any atom is -0.385 e. The van der Waals surface area contributed by atoms with Crippen molar-refractivity contribution in [2.24, 2.45) is 0 Å². The van der Waals surface area contributed by atoms with Crippen LogP contribution in [0.25, 0.3) is 0 Å². The molecule has 0 fully saturated rings. The van der Waals surface area contributed by atoms with E-state index in [1.165, 1.54) is 17.8 Å². The van der Waals surface area contributed by atoms with Crippen LogP contribution in [0.15, 0.2) is 24.3 Å². The van der Waals surface area contributed by atoms with Crippen molar-refractivity contribution in [1.29, 1.82) is 0 Å². The molecule has 1 amide bonds. The summed E-state index contributed by atoms with van der Waals surface area (Å²) >= 11 is 1.46. The van der Waals surface area contributed by atoms with Gasteiger partial charge in [0, 0.05) is 37.6 Å². The van der Waals surface area contributed by atoms with Crippen LogP contribution in [0.3, 0.4) is 0 Å². The van der Waals surface area contributed by atoms with Crippen LogP contribution in [0.1, 0.15) is 24.2 Å². The predicted molar refractivity (Wildman–Crippen MR) is 83.5 cm³/mol. The summed E-state index contributed by atoms with van der Waals surface area (Å²) in [6.45, 7) is 3.15. The Morgan fingerprint density at radius 1 is 1.52 bits per heavy atom. The van der Waals surface area contributed by atoms with Gasteiger partial charge < -0.3 is 10.1 Å². The van der Waals surface area contributed by atoms with Crippen LogP contribution in [-0.4, -0.2) is 36.8 Å². The largest absolute Gasteiger partial charge is 0.385 e. The van der Waals surface area contributed by atoms with Crippen molar-refractivity contribution < 1.29 is 14.5 Å². The predicted octanol–water partition coefficient (Wildman–Crippen LogP) is 2.54. The van der Waals surface area contributed by atoms with E-state index in [1.54, 1.807) is 19.2 Å². The number of nitro benzene ring substituents is 1. The number of hydrogen-bond acceptors (Lipinski definition) is 5. The average molecular weight is 312 g/mol. The molecule has 21 heavy (non-hydrogen) atoms. The number of hydrogen-bond donors (Lipinski definition) is 1. The number of nitro groups is 1. The Labute approximate surface area is 128 Å². The van der Waals surface area contributed by atoms with E-state index < -0.39 is 4.92 Å². The first-order valence-electron chi connectivity index (χ1n) is 6.66. The van der Waals surface area contributed by atoms with Gasteiger partial charge in [-0.15, -0.1) is 11.8 Å². The van der Waals surface area contributed by atoms with E-state index in [1.807, 2.05) is 13.0 Å². The summed E-state index contributed by atoms with van der Waals surface area (Å²) in [5, 5.41) is 13.6. The number of nitrogens with zero attached hydrogens (tertiary/aromatic N) is 1. The van der Waals surface area contributed by atoms with Crippen LogP contribution in [0.5, 0.6) is 0 Å². The lowest BCUT2D eigenvalue weighted by molar-refractivity contribution is -0.384. The third-order valence-corrected chi connectivity index (χ3v) is 4.06. The Morgan fingerprint density at radius 3 is 2.95 bits per heavy atom. The summed E-state index contributed by atoms with van der Waals surface area (Å²) in [4.78, 5) is 22.0. The highest BCUT2D eigenvalue weighted by Crippen LogP contribution is 2.29. The van der Waals surface area contributed by atoms with Crippen LogP contribution in [-0.2, 0) is 9.53 Å². The maximum Gasteiger partial charge on any atom is 0.269 e. The number of methoxy groups -OCH3 is 1. The number of carbonyl (C=O) groups excluding carboxylic acids is 1. The van der Waals surface area contributed by atoms with Gasteiger partial charge in [-0.1, -0.05) is 12.1 Å². The van der Waals surface area contributed by atoms with Crippen LogP contribution < -0.4 is 5.32 Å². The lowest BCUT2D eigenvalue weighted by Gasteiger charge is -2.11. The smallest absolute Gasteiger partial charge is 0.269 e. The fourth-order valence-corrected chi connectivity index (χ4v) is 2.53. The van der Waals surface area contributed by atoms with Gasteiger partial charge in [-0.3, -0.25) is 14.9 Å². The zero-order valence-corrected chi connectivity index (χ0v) is 13.0. The van der Waals surface area contributed by atoms with Crippen LogP contribution >= 0.6 is 11.8 Å². The van der Waals surface area contributed by atoms with Crippen LogP contribution in [0.4, 0.5) is 5.69 Å². The monoisotopic (exact) mass is 312 g/mol. The summed E-state index contributed by atoms with van der Waals surface area (Å²) in [7, 11) is 1.62. The Kier molecular flexibility index (Phi) is 7.78. The Hall–Kier alpha value is -1.60. The molecule has 116 valence electrons. The minimum atomic E-state index is -0.413. The molecular weight excluding hydrogens is 292 g/mol. The van der Waals surface area contributed by atoms with E-state index in [9.17, 15) is 14.9 Å². The van der Waals surface area contributed by atoms with Gasteiger partial charge in [-0.05, 0) is 18.9 Å². The molecule has 0 saturated carbocycles. The Balaban J connectivity index is 2.39. The van der Waals surface area contributed by atoms with Crippen molar-refractivity contribution in [3.8, 4) is 0 Å². The molecule has 0 aliphatic heterocycles. The van der Waals surface area contributed by atoms with Gasteiger partial charge in [-0.2, -0.15) is 0 Å². The highest BCUT2D eigenvalue weighted by molar-refractivity contribution is 8.00. The third-order valence-electron chi connectivity index (χ3n) is 2.86. The number of nitrogens with one attached hydrogen (secondary N) is 1. The fraction of sp³-hybridized carbons (Fsp3) is 0.500. The van der Waals surface area contributed by atoms with Crippen molar-refractivity contribution in [1.82, 2.24) is 5.32 Å². The van der Waals surface area contributed by atoms with Crippen LogP contribution in [0, 0.1) is 10.1 Å². The zero-order valence-electron chi connectivity index (χ0n) is 12.2. The van der Waals surface area contributed by atoms with Gasteiger partial charge in [0.2, 0.25) is 5.91 Å². The number of ether oxygens (including phenoxy) is 1. The lowest BCUT2D eigenvalue weighted by Crippen LogP contribution is -2.27. The molecule has 7 heteroatoms. The second kappa shape index (κ2) is 9.36. The van der Waals surface area contributed by atoms with E-state index in [0.717, 1.165) is 12.0 Å². The molecule has 0 unspecified atom stereocenters. The minimum absolute atomic E-state index is 0.0228. The second-order valence-electron chi connectivity index (χ2n) is 4.50. The van der Waals surface area contributed by atoms with E-state index in [-0.39, 0.29) is 16.8 Å². The van der Waals surface area contributed by atoms with E-state index in [4.69, 9.17) is 4.74 Å². The molecule has 0 aromatic heterocycles. The number of rotatable bonds is 9. The molecule has 0 aliphatic rings. The maximum atomic E-state index is 11.6. The number of non-ortho nitro benzene ring substituents is 1. The van der Waals surface area contributed by atoms with E-state index in [2.05, 4.69) is 5.32 Å². The fourth-order valence-electron chi connectivity index (χ4n) is 1.68. The molecule has 1 N–H and O–H groups in total. The van der Waals surface area contributed by atoms with E-state index >= 15 is 0 Å². The number of carbonyl (C=O) groups is 1. The number of thioether (sulfide) groups is 1. The molecule has 0 radical (unpaired) electrons. The molecule has 0 heterocycles. The van der Waals surface area contributed by atoms with Crippen molar-refractivity contribution >= 4 is 23.4 Å². The third kappa shape index (κ3) is 6.59. The van der Waals surface area contributed by atoms with Crippen molar-refractivity contribution in [3.05, 3.63) is 39.9 Å². The summed E-state index contributed by atoms with van der Waals surface area (Å²) in [6.07, 6.45) is 0.785. The van der Waals surface area contributed by atoms with Gasteiger partial charge in [0.25, 0.3) is 5.69 Å². The molecule has 1 rings (SSSR count). The van der Waals surface area contributed by atoms with Gasteiger partial charge in [0.15, 0.2) is 0 Å². The highest BCUT2D eigenvalue weighted by Gasteiger charge is 2.12. The summed E-state index contributed by atoms with van der Waals surface area (Å²) < 4.78 is 4.90. The standard InChI is InChI=1S/C14H20N2O4S/c1-11(12-5-3-6-13(9-12)16(18)19)21-10-14(17)15-7-4-8-20-2/h3,5-6,9,11H,4,7-8,10H2,1-2H3,(H,15,17)/t11-/m1/s1. The van der Waals surface area contributed by atoms with Gasteiger partial charge >= 0.3 is 0 Å². The SMILES string of the molecule is COCCCNC(=O)CS[C@H](C)c1cccc([N+](=O)[O-])c1. The first-order valence-corrected chi connectivity index (χ1v) is 7.71. The van der Waals surface area contributed by atoms with Gasteiger partial charge in [0.1, 0.15) is 0 Å². The van der Waals surface area contributed by atoms with Gasteiger partial charge in [-0.25, -0.2) is 0 Å². The molecule has 1 aromatic rings. The van der Waals surface area contributed by atoms with Crippen molar-refractivity contribution in [3.63, 3.8) is 0 Å². The molecule has 0 aliphatic carbocycles. The van der Waals surface area contributed by atoms with Gasteiger partial charge in [0.05, 0.1) is 10.7 Å². The quantitative estimate of drug-likeness (QED) is 0.430. The van der Waals surface area contributed by atoms with Crippen molar-refractivity contribution in [2.75, 3.05) is 26.0 Å². The zero-order chi connectivity index (χ0) is 15.7. The number of amides is 1. The number of benzene rings is 1. The topological polar surface area (TPSA) is 81.5 Å². The first kappa shape index (κ1) is 17.5. The maximum absolute atomic E-state index is 11.6.